The predicted octanol–water partition coefficient (Wildman–Crippen LogP) is 2.75. The van der Waals surface area contributed by atoms with Gasteiger partial charge in [0.1, 0.15) is 0 Å². The predicted molar refractivity (Wildman–Crippen MR) is 70.2 cm³/mol. The number of alkyl halides is 3. The van der Waals surface area contributed by atoms with Crippen LogP contribution < -0.4 is 10.6 Å². The van der Waals surface area contributed by atoms with Gasteiger partial charge in [-0.15, -0.1) is 0 Å². The van der Waals surface area contributed by atoms with Crippen LogP contribution in [0.15, 0.2) is 18.2 Å². The van der Waals surface area contributed by atoms with Gasteiger partial charge in [-0.3, -0.25) is 0 Å². The van der Waals surface area contributed by atoms with E-state index in [9.17, 15) is 13.2 Å². The van der Waals surface area contributed by atoms with Crippen LogP contribution in [0.5, 0.6) is 0 Å². The number of halogens is 3. The van der Waals surface area contributed by atoms with Crippen LogP contribution in [0.1, 0.15) is 24.5 Å². The van der Waals surface area contributed by atoms with E-state index < -0.39 is 11.7 Å². The minimum Gasteiger partial charge on any atom is -0.371 e. The maximum atomic E-state index is 12.9. The van der Waals surface area contributed by atoms with Crippen molar-refractivity contribution in [2.75, 3.05) is 24.5 Å². The zero-order valence-electron chi connectivity index (χ0n) is 11.2. The summed E-state index contributed by atoms with van der Waals surface area (Å²) in [5.41, 5.74) is 4.91. The maximum Gasteiger partial charge on any atom is 0.417 e. The van der Waals surface area contributed by atoms with Crippen LogP contribution in [-0.2, 0) is 6.18 Å². The Hall–Kier alpha value is -1.74. The topological polar surface area (TPSA) is 53.0 Å². The summed E-state index contributed by atoms with van der Waals surface area (Å²) >= 11 is 0. The first-order valence-corrected chi connectivity index (χ1v) is 6.35. The molecule has 0 saturated carbocycles. The van der Waals surface area contributed by atoms with Crippen molar-refractivity contribution < 1.29 is 13.2 Å². The summed E-state index contributed by atoms with van der Waals surface area (Å²) in [5.74, 6) is 0. The second kappa shape index (κ2) is 4.98. The van der Waals surface area contributed by atoms with Gasteiger partial charge in [0.05, 0.1) is 17.2 Å². The molecule has 1 aliphatic rings. The molecule has 2 rings (SSSR count). The third kappa shape index (κ3) is 2.73. The zero-order chi connectivity index (χ0) is 15.0. The largest absolute Gasteiger partial charge is 0.417 e. The monoisotopic (exact) mass is 283 g/mol. The van der Waals surface area contributed by atoms with E-state index in [1.54, 1.807) is 12.1 Å². The molecule has 1 fully saturated rings. The van der Waals surface area contributed by atoms with E-state index in [2.05, 4.69) is 0 Å². The van der Waals surface area contributed by atoms with Gasteiger partial charge in [0.25, 0.3) is 0 Å². The summed E-state index contributed by atoms with van der Waals surface area (Å²) in [4.78, 5) is 1.89. The summed E-state index contributed by atoms with van der Waals surface area (Å²) < 4.78 is 38.8. The summed E-state index contributed by atoms with van der Waals surface area (Å²) in [6.45, 7) is 3.84. The smallest absolute Gasteiger partial charge is 0.371 e. The molecule has 0 spiro atoms. The number of hydrogen-bond acceptors (Lipinski definition) is 3. The second-order valence-corrected chi connectivity index (χ2v) is 5.53. The van der Waals surface area contributed by atoms with Crippen molar-refractivity contribution in [3.05, 3.63) is 29.3 Å². The van der Waals surface area contributed by atoms with Gasteiger partial charge in [0.2, 0.25) is 0 Å². The third-order valence-electron chi connectivity index (χ3n) is 3.84. The molecule has 3 nitrogen and oxygen atoms in total. The SMILES string of the molecule is CC1(CN)CCN(c2ccc(C#N)c(C(F)(F)F)c2)C1. The molecule has 2 N–H and O–H groups in total. The molecule has 6 heteroatoms. The minimum atomic E-state index is -4.52. The third-order valence-corrected chi connectivity index (χ3v) is 3.84. The molecule has 0 amide bonds. The number of nitrogens with two attached hydrogens (primary N) is 1. The fraction of sp³-hybridized carbons (Fsp3) is 0.500. The quantitative estimate of drug-likeness (QED) is 0.908. The number of benzene rings is 1. The van der Waals surface area contributed by atoms with Gasteiger partial charge in [-0.2, -0.15) is 18.4 Å². The first kappa shape index (κ1) is 14.7. The highest BCUT2D eigenvalue weighted by atomic mass is 19.4. The lowest BCUT2D eigenvalue weighted by molar-refractivity contribution is -0.137. The lowest BCUT2D eigenvalue weighted by Crippen LogP contribution is -2.31. The van der Waals surface area contributed by atoms with Gasteiger partial charge < -0.3 is 10.6 Å². The molecule has 1 saturated heterocycles. The summed E-state index contributed by atoms with van der Waals surface area (Å²) in [6.07, 6.45) is -3.66. The summed E-state index contributed by atoms with van der Waals surface area (Å²) in [6, 6.07) is 5.44. The van der Waals surface area contributed by atoms with Gasteiger partial charge in [-0.05, 0) is 36.6 Å². The molecule has 0 aliphatic carbocycles. The van der Waals surface area contributed by atoms with Crippen LogP contribution in [0.4, 0.5) is 18.9 Å². The van der Waals surface area contributed by atoms with Crippen molar-refractivity contribution >= 4 is 5.69 Å². The Morgan fingerprint density at radius 1 is 1.45 bits per heavy atom. The molecule has 1 aromatic carbocycles. The minimum absolute atomic E-state index is 0.0632. The average Bonchev–Trinajstić information content (AvgIpc) is 2.80. The van der Waals surface area contributed by atoms with E-state index in [0.717, 1.165) is 12.5 Å². The fourth-order valence-corrected chi connectivity index (χ4v) is 2.47. The molecule has 1 unspecified atom stereocenters. The van der Waals surface area contributed by atoms with Crippen LogP contribution in [0.3, 0.4) is 0 Å². The highest BCUT2D eigenvalue weighted by molar-refractivity contribution is 5.55. The standard InChI is InChI=1S/C14H16F3N3/c1-13(8-19)4-5-20(9-13)11-3-2-10(7-18)12(6-11)14(15,16)17/h2-3,6H,4-5,8-9,19H2,1H3. The molecule has 1 aromatic rings. The molecule has 108 valence electrons. The van der Waals surface area contributed by atoms with E-state index >= 15 is 0 Å². The molecule has 1 heterocycles. The van der Waals surface area contributed by atoms with Crippen molar-refractivity contribution in [1.82, 2.24) is 0 Å². The van der Waals surface area contributed by atoms with Crippen molar-refractivity contribution in [2.24, 2.45) is 11.1 Å². The second-order valence-electron chi connectivity index (χ2n) is 5.53. The summed E-state index contributed by atoms with van der Waals surface area (Å²) in [7, 11) is 0. The van der Waals surface area contributed by atoms with E-state index in [1.807, 2.05) is 11.8 Å². The van der Waals surface area contributed by atoms with Crippen molar-refractivity contribution in [3.8, 4) is 6.07 Å². The highest BCUT2D eigenvalue weighted by Crippen LogP contribution is 2.37. The normalized spacial score (nSPS) is 22.9. The highest BCUT2D eigenvalue weighted by Gasteiger charge is 2.36. The molecule has 20 heavy (non-hydrogen) atoms. The number of anilines is 1. The van der Waals surface area contributed by atoms with E-state index in [0.29, 0.717) is 25.3 Å². The number of hydrogen-bond donors (Lipinski definition) is 1. The van der Waals surface area contributed by atoms with Crippen molar-refractivity contribution in [3.63, 3.8) is 0 Å². The van der Waals surface area contributed by atoms with Crippen LogP contribution >= 0.6 is 0 Å². The molecular formula is C14H16F3N3. The first-order valence-electron chi connectivity index (χ1n) is 6.35. The van der Waals surface area contributed by atoms with Gasteiger partial charge >= 0.3 is 6.18 Å². The molecular weight excluding hydrogens is 267 g/mol. The van der Waals surface area contributed by atoms with Gasteiger partial charge in [0.15, 0.2) is 0 Å². The number of rotatable bonds is 2. The molecule has 1 atom stereocenters. The summed E-state index contributed by atoms with van der Waals surface area (Å²) in [5, 5.41) is 8.78. The molecule has 0 aromatic heterocycles. The number of nitriles is 1. The van der Waals surface area contributed by atoms with Crippen LogP contribution in [0.2, 0.25) is 0 Å². The van der Waals surface area contributed by atoms with Crippen molar-refractivity contribution in [1.29, 1.82) is 5.26 Å². The fourth-order valence-electron chi connectivity index (χ4n) is 2.47. The van der Waals surface area contributed by atoms with Crippen LogP contribution in [-0.4, -0.2) is 19.6 Å². The Labute approximate surface area is 115 Å². The maximum absolute atomic E-state index is 12.9. The van der Waals surface area contributed by atoms with Crippen LogP contribution in [0.25, 0.3) is 0 Å². The Bertz CT molecular complexity index is 548. The Balaban J connectivity index is 2.34. The lowest BCUT2D eigenvalue weighted by atomic mass is 9.90. The van der Waals surface area contributed by atoms with E-state index in [4.69, 9.17) is 11.0 Å². The van der Waals surface area contributed by atoms with Gasteiger partial charge in [-0.25, -0.2) is 0 Å². The van der Waals surface area contributed by atoms with E-state index in [-0.39, 0.29) is 11.0 Å². The van der Waals surface area contributed by atoms with Gasteiger partial charge in [0, 0.05) is 18.8 Å². The number of nitrogens with zero attached hydrogens (tertiary/aromatic N) is 2. The Kier molecular flexibility index (Phi) is 3.65. The van der Waals surface area contributed by atoms with Crippen LogP contribution in [0, 0.1) is 16.7 Å². The van der Waals surface area contributed by atoms with Gasteiger partial charge in [-0.1, -0.05) is 6.92 Å². The molecule has 0 bridgehead atoms. The first-order chi connectivity index (χ1) is 9.29. The Morgan fingerprint density at radius 3 is 2.65 bits per heavy atom. The lowest BCUT2D eigenvalue weighted by Gasteiger charge is -2.24. The molecule has 1 aliphatic heterocycles. The van der Waals surface area contributed by atoms with Crippen molar-refractivity contribution in [2.45, 2.75) is 19.5 Å². The average molecular weight is 283 g/mol. The zero-order valence-corrected chi connectivity index (χ0v) is 11.2. The molecule has 0 radical (unpaired) electrons. The Morgan fingerprint density at radius 2 is 2.15 bits per heavy atom. The van der Waals surface area contributed by atoms with E-state index in [1.165, 1.54) is 6.07 Å².